The molecule has 5 heteroatoms. The lowest BCUT2D eigenvalue weighted by molar-refractivity contribution is 0.361. The highest BCUT2D eigenvalue weighted by atomic mass is 35.5. The monoisotopic (exact) mass is 281 g/mol. The van der Waals surface area contributed by atoms with Crippen molar-refractivity contribution in [2.75, 3.05) is 5.73 Å². The maximum Gasteiger partial charge on any atom is 0.201 e. The molecule has 3 rings (SSSR count). The predicted octanol–water partition coefficient (Wildman–Crippen LogP) is 4.02. The second-order valence-corrected chi connectivity index (χ2v) is 5.98. The van der Waals surface area contributed by atoms with Gasteiger partial charge in [0.05, 0.1) is 16.1 Å². The van der Waals surface area contributed by atoms with E-state index >= 15 is 0 Å². The van der Waals surface area contributed by atoms with Crippen LogP contribution < -0.4 is 5.73 Å². The van der Waals surface area contributed by atoms with Gasteiger partial charge in [0.2, 0.25) is 5.95 Å². The molecule has 2 aromatic rings. The maximum atomic E-state index is 13.7. The molecule has 0 amide bonds. The minimum absolute atomic E-state index is 0.0880. The Kier molecular flexibility index (Phi) is 2.93. The van der Waals surface area contributed by atoms with Gasteiger partial charge in [0, 0.05) is 12.1 Å². The largest absolute Gasteiger partial charge is 0.369 e. The highest BCUT2D eigenvalue weighted by Crippen LogP contribution is 2.42. The molecule has 3 unspecified atom stereocenters. The summed E-state index contributed by atoms with van der Waals surface area (Å²) in [5.41, 5.74) is 7.43. The first kappa shape index (κ1) is 12.7. The van der Waals surface area contributed by atoms with Crippen molar-refractivity contribution in [1.29, 1.82) is 0 Å². The molecule has 1 aliphatic carbocycles. The number of benzene rings is 1. The van der Waals surface area contributed by atoms with Crippen LogP contribution in [-0.4, -0.2) is 9.55 Å². The van der Waals surface area contributed by atoms with Gasteiger partial charge in [-0.15, -0.1) is 0 Å². The van der Waals surface area contributed by atoms with Gasteiger partial charge in [0.15, 0.2) is 0 Å². The lowest BCUT2D eigenvalue weighted by atomic mass is 9.97. The predicted molar refractivity (Wildman–Crippen MR) is 75.7 cm³/mol. The van der Waals surface area contributed by atoms with E-state index < -0.39 is 5.82 Å². The Balaban J connectivity index is 2.18. The van der Waals surface area contributed by atoms with Crippen molar-refractivity contribution >= 4 is 28.6 Å². The van der Waals surface area contributed by atoms with Gasteiger partial charge in [-0.25, -0.2) is 9.37 Å². The van der Waals surface area contributed by atoms with E-state index in [-0.39, 0.29) is 5.02 Å². The molecular weight excluding hydrogens is 265 g/mol. The smallest absolute Gasteiger partial charge is 0.201 e. The fraction of sp³-hybridized carbons (Fsp3) is 0.500. The molecule has 0 spiro atoms. The summed E-state index contributed by atoms with van der Waals surface area (Å²) in [5, 5.41) is 0.0880. The number of halogens is 2. The summed E-state index contributed by atoms with van der Waals surface area (Å²) in [6.07, 6.45) is 2.23. The van der Waals surface area contributed by atoms with Crippen molar-refractivity contribution in [3.8, 4) is 0 Å². The minimum Gasteiger partial charge on any atom is -0.369 e. The third kappa shape index (κ3) is 1.89. The standard InChI is InChI=1S/C14H17ClFN3/c1-7-3-4-12(8(7)2)19-13-6-10(16)9(15)5-11(13)18-14(19)17/h5-8,12H,3-4H2,1-2H3,(H2,17,18). The summed E-state index contributed by atoms with van der Waals surface area (Å²) >= 11 is 5.80. The van der Waals surface area contributed by atoms with Crippen LogP contribution in [-0.2, 0) is 0 Å². The van der Waals surface area contributed by atoms with Gasteiger partial charge in [-0.1, -0.05) is 25.4 Å². The Morgan fingerprint density at radius 1 is 1.37 bits per heavy atom. The molecule has 1 fully saturated rings. The molecule has 102 valence electrons. The highest BCUT2D eigenvalue weighted by Gasteiger charge is 2.33. The zero-order chi connectivity index (χ0) is 13.7. The van der Waals surface area contributed by atoms with E-state index in [1.54, 1.807) is 6.07 Å². The average molecular weight is 282 g/mol. The van der Waals surface area contributed by atoms with Gasteiger partial charge >= 0.3 is 0 Å². The lowest BCUT2D eigenvalue weighted by Gasteiger charge is -2.21. The Morgan fingerprint density at radius 2 is 2.11 bits per heavy atom. The quantitative estimate of drug-likeness (QED) is 0.858. The fourth-order valence-corrected chi connectivity index (χ4v) is 3.32. The van der Waals surface area contributed by atoms with E-state index in [1.165, 1.54) is 12.5 Å². The fourth-order valence-electron chi connectivity index (χ4n) is 3.16. The van der Waals surface area contributed by atoms with Gasteiger partial charge in [-0.2, -0.15) is 0 Å². The normalized spacial score (nSPS) is 27.3. The summed E-state index contributed by atoms with van der Waals surface area (Å²) in [7, 11) is 0. The summed E-state index contributed by atoms with van der Waals surface area (Å²) in [6.45, 7) is 4.47. The van der Waals surface area contributed by atoms with E-state index in [9.17, 15) is 4.39 Å². The summed E-state index contributed by atoms with van der Waals surface area (Å²) in [5.74, 6) is 1.19. The van der Waals surface area contributed by atoms with Crippen LogP contribution in [0.3, 0.4) is 0 Å². The summed E-state index contributed by atoms with van der Waals surface area (Å²) < 4.78 is 15.7. The van der Waals surface area contributed by atoms with Crippen LogP contribution in [0.2, 0.25) is 5.02 Å². The third-order valence-corrected chi connectivity index (χ3v) is 4.80. The van der Waals surface area contributed by atoms with E-state index in [0.29, 0.717) is 29.3 Å². The maximum absolute atomic E-state index is 13.7. The van der Waals surface area contributed by atoms with Crippen LogP contribution in [0.4, 0.5) is 10.3 Å². The number of anilines is 1. The van der Waals surface area contributed by atoms with Crippen molar-refractivity contribution in [3.05, 3.63) is 23.0 Å². The molecule has 0 bridgehead atoms. The van der Waals surface area contributed by atoms with E-state index in [0.717, 1.165) is 11.9 Å². The zero-order valence-electron chi connectivity index (χ0n) is 11.0. The number of hydrogen-bond donors (Lipinski definition) is 1. The summed E-state index contributed by atoms with van der Waals surface area (Å²) in [4.78, 5) is 4.31. The van der Waals surface area contributed by atoms with Crippen molar-refractivity contribution in [2.24, 2.45) is 11.8 Å². The van der Waals surface area contributed by atoms with Crippen molar-refractivity contribution in [3.63, 3.8) is 0 Å². The van der Waals surface area contributed by atoms with E-state index in [2.05, 4.69) is 18.8 Å². The lowest BCUT2D eigenvalue weighted by Crippen LogP contribution is -2.16. The first-order valence-electron chi connectivity index (χ1n) is 6.61. The molecule has 1 aliphatic rings. The molecule has 0 saturated heterocycles. The number of rotatable bonds is 1. The second kappa shape index (κ2) is 4.37. The van der Waals surface area contributed by atoms with Crippen LogP contribution in [0, 0.1) is 17.7 Å². The Labute approximate surface area is 116 Å². The molecular formula is C14H17ClFN3. The number of imidazole rings is 1. The molecule has 1 saturated carbocycles. The number of aromatic nitrogens is 2. The zero-order valence-corrected chi connectivity index (χ0v) is 11.8. The van der Waals surface area contributed by atoms with Crippen LogP contribution >= 0.6 is 11.6 Å². The van der Waals surface area contributed by atoms with Gasteiger partial charge in [0.25, 0.3) is 0 Å². The average Bonchev–Trinajstić information content (AvgIpc) is 2.82. The molecule has 1 heterocycles. The molecule has 3 nitrogen and oxygen atoms in total. The number of nitrogens with zero attached hydrogens (tertiary/aromatic N) is 2. The van der Waals surface area contributed by atoms with Gasteiger partial charge < -0.3 is 10.3 Å². The number of fused-ring (bicyclic) bond motifs is 1. The van der Waals surface area contributed by atoms with Crippen LogP contribution in [0.1, 0.15) is 32.7 Å². The molecule has 19 heavy (non-hydrogen) atoms. The second-order valence-electron chi connectivity index (χ2n) is 5.58. The van der Waals surface area contributed by atoms with Crippen LogP contribution in [0.15, 0.2) is 12.1 Å². The Bertz CT molecular complexity index is 637. The molecule has 0 aliphatic heterocycles. The van der Waals surface area contributed by atoms with Crippen molar-refractivity contribution < 1.29 is 4.39 Å². The highest BCUT2D eigenvalue weighted by molar-refractivity contribution is 6.31. The topological polar surface area (TPSA) is 43.8 Å². The van der Waals surface area contributed by atoms with Gasteiger partial charge in [0.1, 0.15) is 5.82 Å². The van der Waals surface area contributed by atoms with E-state index in [1.807, 2.05) is 4.57 Å². The van der Waals surface area contributed by atoms with Gasteiger partial charge in [-0.3, -0.25) is 0 Å². The first-order chi connectivity index (χ1) is 8.99. The molecule has 2 N–H and O–H groups in total. The number of nitrogen functional groups attached to an aromatic ring is 1. The van der Waals surface area contributed by atoms with E-state index in [4.69, 9.17) is 17.3 Å². The number of hydrogen-bond acceptors (Lipinski definition) is 2. The number of nitrogens with two attached hydrogens (primary N) is 1. The van der Waals surface area contributed by atoms with Crippen molar-refractivity contribution in [2.45, 2.75) is 32.7 Å². The van der Waals surface area contributed by atoms with Crippen molar-refractivity contribution in [1.82, 2.24) is 9.55 Å². The minimum atomic E-state index is -0.422. The van der Waals surface area contributed by atoms with Gasteiger partial charge in [-0.05, 0) is 30.7 Å². The molecule has 1 aromatic heterocycles. The van der Waals surface area contributed by atoms with Crippen LogP contribution in [0.25, 0.3) is 11.0 Å². The Morgan fingerprint density at radius 3 is 2.74 bits per heavy atom. The molecule has 1 aromatic carbocycles. The molecule has 3 atom stereocenters. The van der Waals surface area contributed by atoms with Crippen LogP contribution in [0.5, 0.6) is 0 Å². The summed E-state index contributed by atoms with van der Waals surface area (Å²) in [6, 6.07) is 3.28. The SMILES string of the molecule is CC1CCC(n2c(N)nc3cc(Cl)c(F)cc32)C1C. The Hall–Kier alpha value is -1.29. The third-order valence-electron chi connectivity index (χ3n) is 4.51. The first-order valence-corrected chi connectivity index (χ1v) is 6.99. The molecule has 0 radical (unpaired) electrons.